The molecule has 1 aromatic rings. The molecule has 0 aliphatic carbocycles. The third kappa shape index (κ3) is 6.44. The van der Waals surface area contributed by atoms with Crippen LogP contribution in [-0.2, 0) is 4.74 Å². The predicted octanol–water partition coefficient (Wildman–Crippen LogP) is 1.85. The van der Waals surface area contributed by atoms with Crippen LogP contribution < -0.4 is 11.1 Å². The topological polar surface area (TPSA) is 64.3 Å². The molecule has 1 aromatic carbocycles. The maximum absolute atomic E-state index is 12.2. The minimum Gasteiger partial charge on any atom is -0.385 e. The van der Waals surface area contributed by atoms with Gasteiger partial charge in [0, 0.05) is 25.8 Å². The summed E-state index contributed by atoms with van der Waals surface area (Å²) in [5, 5.41) is 2.93. The number of nitrogens with two attached hydrogens (primary N) is 1. The van der Waals surface area contributed by atoms with Crippen LogP contribution in [0.2, 0.25) is 0 Å². The third-order valence-corrected chi connectivity index (χ3v) is 3.06. The summed E-state index contributed by atoms with van der Waals surface area (Å²) >= 11 is 0. The van der Waals surface area contributed by atoms with Crippen LogP contribution in [0.1, 0.15) is 40.7 Å². The number of nitrogens with one attached hydrogen (secondary N) is 1. The number of amides is 1. The number of hydrogen-bond acceptors (Lipinski definition) is 3. The molecule has 0 fully saturated rings. The van der Waals surface area contributed by atoms with Gasteiger partial charge in [-0.25, -0.2) is 0 Å². The molecule has 1 rings (SSSR count). The van der Waals surface area contributed by atoms with Crippen LogP contribution in [0, 0.1) is 18.8 Å². The van der Waals surface area contributed by atoms with Crippen LogP contribution in [0.25, 0.3) is 0 Å². The molecule has 0 saturated carbocycles. The van der Waals surface area contributed by atoms with Crippen molar-refractivity contribution in [3.8, 4) is 11.8 Å². The van der Waals surface area contributed by atoms with Crippen molar-refractivity contribution in [3.05, 3.63) is 34.9 Å². The zero-order valence-corrected chi connectivity index (χ0v) is 12.9. The maximum Gasteiger partial charge on any atom is 0.252 e. The van der Waals surface area contributed by atoms with Gasteiger partial charge in [-0.05, 0) is 43.9 Å². The van der Waals surface area contributed by atoms with Gasteiger partial charge in [-0.3, -0.25) is 4.79 Å². The van der Waals surface area contributed by atoms with E-state index in [2.05, 4.69) is 17.2 Å². The van der Waals surface area contributed by atoms with E-state index in [-0.39, 0.29) is 12.5 Å². The molecule has 0 spiro atoms. The molecule has 21 heavy (non-hydrogen) atoms. The number of aryl methyl sites for hydroxylation is 1. The number of unbranched alkanes of at least 4 members (excludes halogenated alkanes) is 2. The first-order chi connectivity index (χ1) is 10.2. The molecule has 0 radical (unpaired) electrons. The molecular weight excluding hydrogens is 264 g/mol. The Labute approximate surface area is 127 Å². The summed E-state index contributed by atoms with van der Waals surface area (Å²) in [5.74, 6) is 5.68. The first-order valence-corrected chi connectivity index (χ1v) is 7.25. The van der Waals surface area contributed by atoms with Crippen molar-refractivity contribution in [2.24, 2.45) is 5.73 Å². The smallest absolute Gasteiger partial charge is 0.252 e. The highest BCUT2D eigenvalue weighted by Gasteiger charge is 2.09. The first kappa shape index (κ1) is 17.2. The quantitative estimate of drug-likeness (QED) is 0.594. The van der Waals surface area contributed by atoms with E-state index in [4.69, 9.17) is 10.5 Å². The van der Waals surface area contributed by atoms with E-state index in [1.807, 2.05) is 25.1 Å². The van der Waals surface area contributed by atoms with Crippen molar-refractivity contribution in [3.63, 3.8) is 0 Å². The number of rotatable bonds is 7. The van der Waals surface area contributed by atoms with Crippen molar-refractivity contribution < 1.29 is 9.53 Å². The normalized spacial score (nSPS) is 9.86. The molecule has 3 N–H and O–H groups in total. The molecule has 4 heteroatoms. The van der Waals surface area contributed by atoms with Gasteiger partial charge in [0.2, 0.25) is 0 Å². The summed E-state index contributed by atoms with van der Waals surface area (Å²) in [6.07, 6.45) is 3.01. The Morgan fingerprint density at radius 2 is 2.14 bits per heavy atom. The number of hydrogen-bond donors (Lipinski definition) is 2. The predicted molar refractivity (Wildman–Crippen MR) is 85.2 cm³/mol. The fourth-order valence-electron chi connectivity index (χ4n) is 1.95. The lowest BCUT2D eigenvalue weighted by molar-refractivity contribution is 0.0952. The molecule has 4 nitrogen and oxygen atoms in total. The molecular formula is C17H24N2O2. The van der Waals surface area contributed by atoms with E-state index in [9.17, 15) is 4.79 Å². The highest BCUT2D eigenvalue weighted by atomic mass is 16.5. The van der Waals surface area contributed by atoms with E-state index in [1.165, 1.54) is 0 Å². The van der Waals surface area contributed by atoms with Crippen LogP contribution >= 0.6 is 0 Å². The Morgan fingerprint density at radius 1 is 1.33 bits per heavy atom. The molecule has 0 aliphatic rings. The van der Waals surface area contributed by atoms with E-state index < -0.39 is 0 Å². The molecule has 0 aliphatic heterocycles. The lowest BCUT2D eigenvalue weighted by atomic mass is 10.0. The van der Waals surface area contributed by atoms with Gasteiger partial charge in [0.1, 0.15) is 0 Å². The monoisotopic (exact) mass is 288 g/mol. The summed E-state index contributed by atoms with van der Waals surface area (Å²) in [4.78, 5) is 12.2. The minimum absolute atomic E-state index is 0.0805. The molecule has 114 valence electrons. The average molecular weight is 288 g/mol. The van der Waals surface area contributed by atoms with Gasteiger partial charge < -0.3 is 15.8 Å². The molecule has 0 atom stereocenters. The zero-order chi connectivity index (χ0) is 15.5. The number of methoxy groups -OCH3 is 1. The van der Waals surface area contributed by atoms with Crippen LogP contribution in [0.5, 0.6) is 0 Å². The zero-order valence-electron chi connectivity index (χ0n) is 12.9. The Hall–Kier alpha value is -1.83. The standard InChI is InChI=1S/C17H24N2O2/c1-14-8-9-16(15(13-14)7-6-10-18)17(20)19-11-4-3-5-12-21-2/h8-9,13H,3-5,10-12,18H2,1-2H3,(H,19,20). The van der Waals surface area contributed by atoms with E-state index in [0.717, 1.165) is 37.0 Å². The second kappa shape index (κ2) is 9.98. The second-order valence-corrected chi connectivity index (χ2v) is 4.86. The molecule has 1 amide bonds. The lowest BCUT2D eigenvalue weighted by Gasteiger charge is -2.08. The summed E-state index contributed by atoms with van der Waals surface area (Å²) < 4.78 is 4.99. The van der Waals surface area contributed by atoms with Gasteiger partial charge in [0.25, 0.3) is 5.91 Å². The Morgan fingerprint density at radius 3 is 2.86 bits per heavy atom. The minimum atomic E-state index is -0.0805. The number of carbonyl (C=O) groups is 1. The van der Waals surface area contributed by atoms with Gasteiger partial charge in [0.05, 0.1) is 12.1 Å². The van der Waals surface area contributed by atoms with Gasteiger partial charge in [-0.2, -0.15) is 0 Å². The van der Waals surface area contributed by atoms with Crippen LogP contribution in [0.3, 0.4) is 0 Å². The van der Waals surface area contributed by atoms with Crippen molar-refractivity contribution in [2.75, 3.05) is 26.8 Å². The molecule has 0 saturated heterocycles. The van der Waals surface area contributed by atoms with E-state index >= 15 is 0 Å². The van der Waals surface area contributed by atoms with E-state index in [1.54, 1.807) is 7.11 Å². The largest absolute Gasteiger partial charge is 0.385 e. The number of ether oxygens (including phenoxy) is 1. The Balaban J connectivity index is 2.57. The molecule has 0 aromatic heterocycles. The summed E-state index contributed by atoms with van der Waals surface area (Å²) in [6, 6.07) is 5.65. The van der Waals surface area contributed by atoms with Crippen molar-refractivity contribution in [2.45, 2.75) is 26.2 Å². The Kier molecular flexibility index (Phi) is 8.18. The first-order valence-electron chi connectivity index (χ1n) is 7.25. The summed E-state index contributed by atoms with van der Waals surface area (Å²) in [5.41, 5.74) is 7.81. The fraction of sp³-hybridized carbons (Fsp3) is 0.471. The number of carbonyl (C=O) groups excluding carboxylic acids is 1. The van der Waals surface area contributed by atoms with Gasteiger partial charge in [0.15, 0.2) is 0 Å². The fourth-order valence-corrected chi connectivity index (χ4v) is 1.95. The Bertz CT molecular complexity index is 515. The SMILES string of the molecule is COCCCCCNC(=O)c1ccc(C)cc1C#CCN. The van der Waals surface area contributed by atoms with E-state index in [0.29, 0.717) is 12.1 Å². The van der Waals surface area contributed by atoms with Crippen LogP contribution in [0.4, 0.5) is 0 Å². The van der Waals surface area contributed by atoms with Gasteiger partial charge in [-0.1, -0.05) is 17.9 Å². The highest BCUT2D eigenvalue weighted by Crippen LogP contribution is 2.11. The maximum atomic E-state index is 12.2. The highest BCUT2D eigenvalue weighted by molar-refractivity contribution is 5.96. The third-order valence-electron chi connectivity index (χ3n) is 3.06. The average Bonchev–Trinajstić information content (AvgIpc) is 2.48. The van der Waals surface area contributed by atoms with Crippen molar-refractivity contribution >= 4 is 5.91 Å². The second-order valence-electron chi connectivity index (χ2n) is 4.86. The molecule has 0 heterocycles. The van der Waals surface area contributed by atoms with Crippen LogP contribution in [-0.4, -0.2) is 32.7 Å². The lowest BCUT2D eigenvalue weighted by Crippen LogP contribution is -2.25. The van der Waals surface area contributed by atoms with Crippen molar-refractivity contribution in [1.29, 1.82) is 0 Å². The number of benzene rings is 1. The molecule has 0 bridgehead atoms. The summed E-state index contributed by atoms with van der Waals surface area (Å²) in [6.45, 7) is 3.70. The van der Waals surface area contributed by atoms with Gasteiger partial charge >= 0.3 is 0 Å². The van der Waals surface area contributed by atoms with Crippen molar-refractivity contribution in [1.82, 2.24) is 5.32 Å². The van der Waals surface area contributed by atoms with Crippen LogP contribution in [0.15, 0.2) is 18.2 Å². The molecule has 0 unspecified atom stereocenters. The van der Waals surface area contributed by atoms with Gasteiger partial charge in [-0.15, -0.1) is 0 Å². The summed E-state index contributed by atoms with van der Waals surface area (Å²) in [7, 11) is 1.70.